The fraction of sp³-hybridized carbons (Fsp3) is 0.346. The molecule has 37 heavy (non-hydrogen) atoms. The molecule has 0 radical (unpaired) electrons. The number of rotatable bonds is 7. The summed E-state index contributed by atoms with van der Waals surface area (Å²) in [7, 11) is 1.83. The molecule has 0 aliphatic heterocycles. The van der Waals surface area contributed by atoms with Crippen molar-refractivity contribution in [3.63, 3.8) is 0 Å². The van der Waals surface area contributed by atoms with Gasteiger partial charge in [-0.05, 0) is 62.4 Å². The Morgan fingerprint density at radius 2 is 1.86 bits per heavy atom. The van der Waals surface area contributed by atoms with Gasteiger partial charge in [-0.3, -0.25) is 14.5 Å². The van der Waals surface area contributed by atoms with Crippen molar-refractivity contribution in [1.82, 2.24) is 29.8 Å². The Morgan fingerprint density at radius 1 is 1.11 bits per heavy atom. The van der Waals surface area contributed by atoms with Crippen LogP contribution in [0.2, 0.25) is 0 Å². The van der Waals surface area contributed by atoms with E-state index >= 15 is 0 Å². The number of alkyl halides is 3. The van der Waals surface area contributed by atoms with Crippen LogP contribution < -0.4 is 5.32 Å². The topological polar surface area (TPSA) is 90.5 Å². The van der Waals surface area contributed by atoms with Crippen LogP contribution >= 0.6 is 0 Å². The monoisotopic (exact) mass is 511 g/mol. The third-order valence-electron chi connectivity index (χ3n) is 6.16. The van der Waals surface area contributed by atoms with E-state index in [-0.39, 0.29) is 11.3 Å². The van der Waals surface area contributed by atoms with Crippen LogP contribution in [0, 0.1) is 19.8 Å². The van der Waals surface area contributed by atoms with E-state index in [1.165, 1.54) is 10.9 Å². The SMILES string of the molecule is Cc1ncc(C(=O)Nc2cc(CCC(C)C)cc(C(F)(F)F)c2)cc1-n1cc(-c2cnn(C)c2C)nn1. The Hall–Kier alpha value is -4.02. The van der Waals surface area contributed by atoms with Crippen LogP contribution in [-0.2, 0) is 19.6 Å². The fourth-order valence-corrected chi connectivity index (χ4v) is 3.86. The van der Waals surface area contributed by atoms with Crippen molar-refractivity contribution in [1.29, 1.82) is 0 Å². The van der Waals surface area contributed by atoms with E-state index in [0.717, 1.165) is 29.8 Å². The van der Waals surface area contributed by atoms with Crippen LogP contribution in [0.25, 0.3) is 16.9 Å². The van der Waals surface area contributed by atoms with Crippen LogP contribution in [0.3, 0.4) is 0 Å². The minimum absolute atomic E-state index is 0.0794. The number of benzene rings is 1. The Bertz CT molecular complexity index is 1440. The Morgan fingerprint density at radius 3 is 2.51 bits per heavy atom. The average Bonchev–Trinajstić information content (AvgIpc) is 3.44. The largest absolute Gasteiger partial charge is 0.416 e. The van der Waals surface area contributed by atoms with E-state index in [4.69, 9.17) is 0 Å². The first-order valence-corrected chi connectivity index (χ1v) is 11.8. The summed E-state index contributed by atoms with van der Waals surface area (Å²) in [6.45, 7) is 7.70. The number of amides is 1. The zero-order chi connectivity index (χ0) is 26.9. The van der Waals surface area contributed by atoms with Crippen molar-refractivity contribution in [2.75, 3.05) is 5.32 Å². The lowest BCUT2D eigenvalue weighted by Gasteiger charge is -2.14. The predicted octanol–water partition coefficient (Wildman–Crippen LogP) is 5.54. The van der Waals surface area contributed by atoms with Crippen molar-refractivity contribution < 1.29 is 18.0 Å². The second kappa shape index (κ2) is 10.2. The zero-order valence-corrected chi connectivity index (χ0v) is 21.3. The Balaban J connectivity index is 1.61. The lowest BCUT2D eigenvalue weighted by atomic mass is 10.00. The predicted molar refractivity (Wildman–Crippen MR) is 133 cm³/mol. The molecule has 1 N–H and O–H groups in total. The van der Waals surface area contributed by atoms with Crippen LogP contribution in [0.4, 0.5) is 18.9 Å². The maximum absolute atomic E-state index is 13.5. The highest BCUT2D eigenvalue weighted by atomic mass is 19.4. The molecule has 3 heterocycles. The first kappa shape index (κ1) is 26.1. The van der Waals surface area contributed by atoms with E-state index in [0.29, 0.717) is 35.0 Å². The molecule has 0 fully saturated rings. The molecule has 0 unspecified atom stereocenters. The van der Waals surface area contributed by atoms with Crippen LogP contribution in [0.5, 0.6) is 0 Å². The van der Waals surface area contributed by atoms with Gasteiger partial charge in [-0.1, -0.05) is 19.1 Å². The Labute approximate surface area is 212 Å². The summed E-state index contributed by atoms with van der Waals surface area (Å²) in [5.41, 5.74) is 3.45. The van der Waals surface area contributed by atoms with E-state index in [9.17, 15) is 18.0 Å². The number of pyridine rings is 1. The van der Waals surface area contributed by atoms with Crippen molar-refractivity contribution in [2.24, 2.45) is 13.0 Å². The summed E-state index contributed by atoms with van der Waals surface area (Å²) >= 11 is 0. The standard InChI is InChI=1S/C26H28F3N7O/c1-15(2)6-7-18-8-20(26(27,28)29)11-21(9-18)32-25(37)19-10-24(16(3)30-12-19)36-14-23(33-34-36)22-13-31-35(5)17(22)4/h8-15H,6-7H2,1-5H3,(H,32,37). The molecule has 0 aliphatic carbocycles. The molecule has 1 aromatic carbocycles. The second-order valence-corrected chi connectivity index (χ2v) is 9.45. The van der Waals surface area contributed by atoms with Gasteiger partial charge in [-0.15, -0.1) is 5.10 Å². The van der Waals surface area contributed by atoms with Crippen LogP contribution in [-0.4, -0.2) is 35.7 Å². The normalized spacial score (nSPS) is 11.8. The molecule has 0 saturated heterocycles. The number of nitrogens with one attached hydrogen (secondary N) is 1. The first-order chi connectivity index (χ1) is 17.4. The molecule has 4 aromatic rings. The molecule has 3 aromatic heterocycles. The molecule has 0 aliphatic rings. The van der Waals surface area contributed by atoms with Crippen LogP contribution in [0.1, 0.15) is 53.1 Å². The minimum atomic E-state index is -4.52. The van der Waals surface area contributed by atoms with Crippen molar-refractivity contribution in [2.45, 2.75) is 46.7 Å². The first-order valence-electron chi connectivity index (χ1n) is 11.8. The number of aromatic nitrogens is 6. The van der Waals surface area contributed by atoms with Gasteiger partial charge < -0.3 is 5.32 Å². The third kappa shape index (κ3) is 5.87. The molecule has 194 valence electrons. The molecule has 0 bridgehead atoms. The number of carbonyl (C=O) groups excluding carboxylic acids is 1. The van der Waals surface area contributed by atoms with Gasteiger partial charge in [0.2, 0.25) is 0 Å². The van der Waals surface area contributed by atoms with Gasteiger partial charge in [0.25, 0.3) is 5.91 Å². The van der Waals surface area contributed by atoms with Gasteiger partial charge in [-0.25, -0.2) is 4.68 Å². The van der Waals surface area contributed by atoms with Gasteiger partial charge in [0.05, 0.1) is 34.9 Å². The van der Waals surface area contributed by atoms with E-state index in [1.54, 1.807) is 36.1 Å². The van der Waals surface area contributed by atoms with Crippen molar-refractivity contribution >= 4 is 11.6 Å². The van der Waals surface area contributed by atoms with Gasteiger partial charge in [0.15, 0.2) is 0 Å². The van der Waals surface area contributed by atoms with E-state index in [2.05, 4.69) is 25.7 Å². The van der Waals surface area contributed by atoms with Gasteiger partial charge in [0, 0.05) is 30.2 Å². The maximum Gasteiger partial charge on any atom is 0.416 e. The smallest absolute Gasteiger partial charge is 0.322 e. The molecule has 1 amide bonds. The summed E-state index contributed by atoms with van der Waals surface area (Å²) in [6, 6.07) is 5.24. The van der Waals surface area contributed by atoms with Gasteiger partial charge in [-0.2, -0.15) is 18.3 Å². The molecular formula is C26H28F3N7O. The fourth-order valence-electron chi connectivity index (χ4n) is 3.86. The number of carbonyl (C=O) groups is 1. The van der Waals surface area contributed by atoms with Gasteiger partial charge >= 0.3 is 6.18 Å². The maximum atomic E-state index is 13.5. The number of hydrogen-bond donors (Lipinski definition) is 1. The molecule has 11 heteroatoms. The number of hydrogen-bond acceptors (Lipinski definition) is 5. The molecule has 8 nitrogen and oxygen atoms in total. The zero-order valence-electron chi connectivity index (χ0n) is 21.3. The summed E-state index contributed by atoms with van der Waals surface area (Å²) in [5, 5.41) is 15.2. The van der Waals surface area contributed by atoms with Crippen molar-refractivity contribution in [3.8, 4) is 16.9 Å². The summed E-state index contributed by atoms with van der Waals surface area (Å²) in [4.78, 5) is 17.3. The van der Waals surface area contributed by atoms with E-state index < -0.39 is 17.6 Å². The lowest BCUT2D eigenvalue weighted by Crippen LogP contribution is -2.15. The summed E-state index contributed by atoms with van der Waals surface area (Å²) < 4.78 is 43.7. The highest BCUT2D eigenvalue weighted by Crippen LogP contribution is 2.33. The van der Waals surface area contributed by atoms with Gasteiger partial charge in [0.1, 0.15) is 5.69 Å². The Kier molecular flexibility index (Phi) is 7.15. The average molecular weight is 512 g/mol. The number of halogens is 3. The molecule has 0 saturated carbocycles. The highest BCUT2D eigenvalue weighted by Gasteiger charge is 2.31. The number of aryl methyl sites for hydroxylation is 3. The second-order valence-electron chi connectivity index (χ2n) is 9.45. The lowest BCUT2D eigenvalue weighted by molar-refractivity contribution is -0.137. The quantitative estimate of drug-likeness (QED) is 0.352. The summed E-state index contributed by atoms with van der Waals surface area (Å²) in [6.07, 6.45) is 1.48. The third-order valence-corrected chi connectivity index (χ3v) is 6.16. The highest BCUT2D eigenvalue weighted by molar-refractivity contribution is 6.04. The molecule has 0 atom stereocenters. The van der Waals surface area contributed by atoms with Crippen LogP contribution in [0.15, 0.2) is 42.9 Å². The number of anilines is 1. The van der Waals surface area contributed by atoms with Crippen molar-refractivity contribution in [3.05, 3.63) is 70.9 Å². The number of nitrogens with zero attached hydrogens (tertiary/aromatic N) is 6. The molecule has 4 rings (SSSR count). The molecule has 0 spiro atoms. The van der Waals surface area contributed by atoms with E-state index in [1.807, 2.05) is 27.8 Å². The minimum Gasteiger partial charge on any atom is -0.322 e. The summed E-state index contributed by atoms with van der Waals surface area (Å²) in [5.74, 6) is -0.240. The molecular weight excluding hydrogens is 483 g/mol.